The van der Waals surface area contributed by atoms with Crippen molar-refractivity contribution in [1.82, 2.24) is 0 Å². The first-order chi connectivity index (χ1) is 6.13. The van der Waals surface area contributed by atoms with Crippen LogP contribution >= 0.6 is 0 Å². The van der Waals surface area contributed by atoms with E-state index in [2.05, 4.69) is 19.9 Å². The molecule has 0 bridgehead atoms. The van der Waals surface area contributed by atoms with Crippen LogP contribution < -0.4 is 0 Å². The van der Waals surface area contributed by atoms with Gasteiger partial charge < -0.3 is 4.74 Å². The molecule has 13 heavy (non-hydrogen) atoms. The second kappa shape index (κ2) is 4.11. The van der Waals surface area contributed by atoms with Crippen LogP contribution in [-0.2, 0) is 4.74 Å². The van der Waals surface area contributed by atoms with Crippen molar-refractivity contribution >= 4 is 0 Å². The van der Waals surface area contributed by atoms with Crippen molar-refractivity contribution in [2.75, 3.05) is 7.11 Å². The maximum absolute atomic E-state index is 8.99. The molecule has 0 aromatic heterocycles. The zero-order valence-electron chi connectivity index (χ0n) is 8.84. The summed E-state index contributed by atoms with van der Waals surface area (Å²) >= 11 is 0. The van der Waals surface area contributed by atoms with Gasteiger partial charge in [-0.2, -0.15) is 5.26 Å². The average Bonchev–Trinajstić information content (AvgIpc) is 2.18. The van der Waals surface area contributed by atoms with Crippen molar-refractivity contribution in [3.05, 3.63) is 0 Å². The lowest BCUT2D eigenvalue weighted by Gasteiger charge is -2.35. The molecule has 0 aromatic carbocycles. The van der Waals surface area contributed by atoms with Gasteiger partial charge in [0.2, 0.25) is 0 Å². The third-order valence-corrected chi connectivity index (χ3v) is 3.38. The highest BCUT2D eigenvalue weighted by molar-refractivity contribution is 5.04. The Kier molecular flexibility index (Phi) is 3.33. The summed E-state index contributed by atoms with van der Waals surface area (Å²) in [6.45, 7) is 4.52. The topological polar surface area (TPSA) is 33.0 Å². The molecule has 0 heterocycles. The van der Waals surface area contributed by atoms with Gasteiger partial charge in [0.05, 0.1) is 6.07 Å². The lowest BCUT2D eigenvalue weighted by atomic mass is 9.75. The molecule has 1 rings (SSSR count). The van der Waals surface area contributed by atoms with Gasteiger partial charge in [-0.15, -0.1) is 0 Å². The SMILES string of the molecule is COC1(C#N)CCC(C(C)C)CC1. The molecule has 0 spiro atoms. The molecule has 0 aliphatic heterocycles. The van der Waals surface area contributed by atoms with Crippen LogP contribution in [0.4, 0.5) is 0 Å². The van der Waals surface area contributed by atoms with E-state index >= 15 is 0 Å². The van der Waals surface area contributed by atoms with Gasteiger partial charge in [-0.05, 0) is 37.5 Å². The van der Waals surface area contributed by atoms with Gasteiger partial charge in [-0.3, -0.25) is 0 Å². The third kappa shape index (κ3) is 2.22. The monoisotopic (exact) mass is 181 g/mol. The molecule has 2 heteroatoms. The normalized spacial score (nSPS) is 34.5. The van der Waals surface area contributed by atoms with Gasteiger partial charge >= 0.3 is 0 Å². The van der Waals surface area contributed by atoms with E-state index in [1.165, 1.54) is 0 Å². The first kappa shape index (κ1) is 10.5. The lowest BCUT2D eigenvalue weighted by molar-refractivity contribution is -0.00832. The second-order valence-electron chi connectivity index (χ2n) is 4.39. The fourth-order valence-electron chi connectivity index (χ4n) is 2.13. The zero-order chi connectivity index (χ0) is 9.90. The van der Waals surface area contributed by atoms with E-state index in [4.69, 9.17) is 10.00 Å². The summed E-state index contributed by atoms with van der Waals surface area (Å²) in [6, 6.07) is 2.30. The smallest absolute Gasteiger partial charge is 0.153 e. The second-order valence-corrected chi connectivity index (χ2v) is 4.39. The van der Waals surface area contributed by atoms with Crippen LogP contribution in [0.25, 0.3) is 0 Å². The number of ether oxygens (including phenoxy) is 1. The Balaban J connectivity index is 2.51. The highest BCUT2D eigenvalue weighted by Gasteiger charge is 2.35. The van der Waals surface area contributed by atoms with Crippen LogP contribution in [0.5, 0.6) is 0 Å². The van der Waals surface area contributed by atoms with E-state index < -0.39 is 5.60 Å². The fraction of sp³-hybridized carbons (Fsp3) is 0.909. The summed E-state index contributed by atoms with van der Waals surface area (Å²) in [4.78, 5) is 0. The first-order valence-corrected chi connectivity index (χ1v) is 5.10. The molecular formula is C11H19NO. The largest absolute Gasteiger partial charge is 0.363 e. The first-order valence-electron chi connectivity index (χ1n) is 5.10. The Labute approximate surface area is 80.9 Å². The Morgan fingerprint density at radius 2 is 1.92 bits per heavy atom. The Morgan fingerprint density at radius 3 is 2.23 bits per heavy atom. The predicted molar refractivity (Wildman–Crippen MR) is 52.1 cm³/mol. The van der Waals surface area contributed by atoms with Crippen LogP contribution in [0.2, 0.25) is 0 Å². The van der Waals surface area contributed by atoms with Crippen LogP contribution in [0, 0.1) is 23.2 Å². The summed E-state index contributed by atoms with van der Waals surface area (Å²) in [5.41, 5.74) is -0.467. The molecule has 0 N–H and O–H groups in total. The molecule has 2 nitrogen and oxygen atoms in total. The van der Waals surface area contributed by atoms with Gasteiger partial charge in [-0.25, -0.2) is 0 Å². The number of hydrogen-bond acceptors (Lipinski definition) is 2. The molecule has 1 fully saturated rings. The van der Waals surface area contributed by atoms with Crippen molar-refractivity contribution in [2.45, 2.75) is 45.1 Å². The fourth-order valence-corrected chi connectivity index (χ4v) is 2.13. The third-order valence-electron chi connectivity index (χ3n) is 3.38. The molecule has 1 aliphatic carbocycles. The van der Waals surface area contributed by atoms with Crippen molar-refractivity contribution < 1.29 is 4.74 Å². The van der Waals surface area contributed by atoms with Crippen LogP contribution in [0.15, 0.2) is 0 Å². The van der Waals surface area contributed by atoms with E-state index in [9.17, 15) is 0 Å². The summed E-state index contributed by atoms with van der Waals surface area (Å²) < 4.78 is 5.29. The van der Waals surface area contributed by atoms with E-state index in [1.54, 1.807) is 7.11 Å². The van der Waals surface area contributed by atoms with E-state index in [-0.39, 0.29) is 0 Å². The maximum Gasteiger partial charge on any atom is 0.153 e. The molecule has 0 aromatic rings. The summed E-state index contributed by atoms with van der Waals surface area (Å²) in [7, 11) is 1.65. The van der Waals surface area contributed by atoms with Crippen molar-refractivity contribution in [3.8, 4) is 6.07 Å². The molecule has 0 saturated heterocycles. The average molecular weight is 181 g/mol. The molecule has 74 valence electrons. The van der Waals surface area contributed by atoms with Crippen molar-refractivity contribution in [1.29, 1.82) is 5.26 Å². The van der Waals surface area contributed by atoms with Crippen LogP contribution in [0.1, 0.15) is 39.5 Å². The molecule has 0 amide bonds. The number of hydrogen-bond donors (Lipinski definition) is 0. The number of methoxy groups -OCH3 is 1. The predicted octanol–water partition coefficient (Wildman–Crippen LogP) is 2.74. The number of nitriles is 1. The molecule has 0 atom stereocenters. The van der Waals surface area contributed by atoms with Crippen LogP contribution in [0.3, 0.4) is 0 Å². The zero-order valence-corrected chi connectivity index (χ0v) is 8.84. The minimum absolute atomic E-state index is 0.467. The number of rotatable bonds is 2. The highest BCUT2D eigenvalue weighted by Crippen LogP contribution is 2.37. The van der Waals surface area contributed by atoms with Gasteiger partial charge in [0.1, 0.15) is 0 Å². The van der Waals surface area contributed by atoms with Crippen molar-refractivity contribution in [2.24, 2.45) is 11.8 Å². The van der Waals surface area contributed by atoms with Crippen molar-refractivity contribution in [3.63, 3.8) is 0 Å². The van der Waals surface area contributed by atoms with Gasteiger partial charge in [0.15, 0.2) is 5.60 Å². The molecule has 0 radical (unpaired) electrons. The standard InChI is InChI=1S/C11H19NO/c1-9(2)10-4-6-11(8-12,13-3)7-5-10/h9-10H,4-7H2,1-3H3. The van der Waals surface area contributed by atoms with Gasteiger partial charge in [0.25, 0.3) is 0 Å². The Hall–Kier alpha value is -0.550. The minimum Gasteiger partial charge on any atom is -0.363 e. The maximum atomic E-state index is 8.99. The Bertz CT molecular complexity index is 197. The highest BCUT2D eigenvalue weighted by atomic mass is 16.5. The summed E-state index contributed by atoms with van der Waals surface area (Å²) in [5, 5.41) is 8.99. The number of nitrogens with zero attached hydrogens (tertiary/aromatic N) is 1. The molecular weight excluding hydrogens is 162 g/mol. The molecule has 0 unspecified atom stereocenters. The minimum atomic E-state index is -0.467. The summed E-state index contributed by atoms with van der Waals surface area (Å²) in [5.74, 6) is 1.53. The lowest BCUT2D eigenvalue weighted by Crippen LogP contribution is -2.35. The van der Waals surface area contributed by atoms with Gasteiger partial charge in [-0.1, -0.05) is 13.8 Å². The molecule has 1 aliphatic rings. The van der Waals surface area contributed by atoms with E-state index in [0.717, 1.165) is 37.5 Å². The van der Waals surface area contributed by atoms with Crippen LogP contribution in [-0.4, -0.2) is 12.7 Å². The summed E-state index contributed by atoms with van der Waals surface area (Å²) in [6.07, 6.45) is 4.09. The van der Waals surface area contributed by atoms with E-state index in [0.29, 0.717) is 0 Å². The van der Waals surface area contributed by atoms with Gasteiger partial charge in [0, 0.05) is 7.11 Å². The Morgan fingerprint density at radius 1 is 1.38 bits per heavy atom. The molecule has 1 saturated carbocycles. The van der Waals surface area contributed by atoms with E-state index in [1.807, 2.05) is 0 Å². The quantitative estimate of drug-likeness (QED) is 0.656.